The van der Waals surface area contributed by atoms with Crippen molar-refractivity contribution < 1.29 is 9.53 Å². The van der Waals surface area contributed by atoms with Crippen molar-refractivity contribution >= 4 is 5.91 Å². The summed E-state index contributed by atoms with van der Waals surface area (Å²) < 4.78 is 5.53. The fraction of sp³-hybridized carbons (Fsp3) is 0.889. The van der Waals surface area contributed by atoms with Crippen molar-refractivity contribution in [2.24, 2.45) is 5.73 Å². The highest BCUT2D eigenvalue weighted by Crippen LogP contribution is 2.13. The maximum absolute atomic E-state index is 10.8. The van der Waals surface area contributed by atoms with Gasteiger partial charge in [-0.15, -0.1) is 0 Å². The second-order valence-corrected chi connectivity index (χ2v) is 3.60. The molecular formula is C9H18N2O2. The van der Waals surface area contributed by atoms with Crippen molar-refractivity contribution in [3.63, 3.8) is 0 Å². The summed E-state index contributed by atoms with van der Waals surface area (Å²) in [5.74, 6) is -0.391. The Morgan fingerprint density at radius 2 is 2.38 bits per heavy atom. The number of piperidine rings is 1. The normalized spacial score (nSPS) is 31.2. The SMILES string of the molecule is CC(OC1CCCNC1C)C(N)=O. The van der Waals surface area contributed by atoms with Gasteiger partial charge in [0.1, 0.15) is 6.10 Å². The molecule has 4 heteroatoms. The molecule has 0 aromatic carbocycles. The standard InChI is InChI=1S/C9H18N2O2/c1-6-8(4-3-5-11-6)13-7(2)9(10)12/h6-8,11H,3-5H2,1-2H3,(H2,10,12). The van der Waals surface area contributed by atoms with Gasteiger partial charge in [0.25, 0.3) is 0 Å². The van der Waals surface area contributed by atoms with Crippen LogP contribution in [-0.2, 0) is 9.53 Å². The van der Waals surface area contributed by atoms with E-state index < -0.39 is 12.0 Å². The maximum atomic E-state index is 10.8. The fourth-order valence-corrected chi connectivity index (χ4v) is 1.53. The van der Waals surface area contributed by atoms with E-state index in [1.54, 1.807) is 6.92 Å². The largest absolute Gasteiger partial charge is 0.367 e. The van der Waals surface area contributed by atoms with Crippen LogP contribution in [0.1, 0.15) is 26.7 Å². The van der Waals surface area contributed by atoms with E-state index in [0.29, 0.717) is 6.04 Å². The van der Waals surface area contributed by atoms with E-state index >= 15 is 0 Å². The summed E-state index contributed by atoms with van der Waals surface area (Å²) in [6, 6.07) is 0.315. The predicted octanol–water partition coefficient (Wildman–Crippen LogP) is 0.0173. The average molecular weight is 186 g/mol. The molecule has 1 saturated heterocycles. The lowest BCUT2D eigenvalue weighted by Gasteiger charge is -2.31. The number of carbonyl (C=O) groups is 1. The summed E-state index contributed by atoms with van der Waals surface area (Å²) in [6.45, 7) is 4.80. The van der Waals surface area contributed by atoms with Crippen LogP contribution >= 0.6 is 0 Å². The van der Waals surface area contributed by atoms with Crippen molar-refractivity contribution in [2.75, 3.05) is 6.54 Å². The fourth-order valence-electron chi connectivity index (χ4n) is 1.53. The van der Waals surface area contributed by atoms with Gasteiger partial charge in [-0.2, -0.15) is 0 Å². The number of hydrogen-bond donors (Lipinski definition) is 2. The minimum atomic E-state index is -0.479. The molecule has 3 unspecified atom stereocenters. The third-order valence-electron chi connectivity index (χ3n) is 2.47. The van der Waals surface area contributed by atoms with Gasteiger partial charge >= 0.3 is 0 Å². The molecule has 4 nitrogen and oxygen atoms in total. The van der Waals surface area contributed by atoms with Crippen LogP contribution in [0.5, 0.6) is 0 Å². The van der Waals surface area contributed by atoms with Gasteiger partial charge in [0.05, 0.1) is 6.10 Å². The van der Waals surface area contributed by atoms with Crippen molar-refractivity contribution in [1.29, 1.82) is 0 Å². The Hall–Kier alpha value is -0.610. The summed E-state index contributed by atoms with van der Waals surface area (Å²) in [7, 11) is 0. The quantitative estimate of drug-likeness (QED) is 0.653. The second-order valence-electron chi connectivity index (χ2n) is 3.60. The molecule has 1 aliphatic rings. The first-order valence-electron chi connectivity index (χ1n) is 4.79. The summed E-state index contributed by atoms with van der Waals surface area (Å²) in [5, 5.41) is 3.30. The average Bonchev–Trinajstić information content (AvgIpc) is 2.08. The van der Waals surface area contributed by atoms with Crippen molar-refractivity contribution in [3.05, 3.63) is 0 Å². The molecule has 1 aliphatic heterocycles. The smallest absolute Gasteiger partial charge is 0.246 e. The van der Waals surface area contributed by atoms with Crippen LogP contribution in [0.2, 0.25) is 0 Å². The first-order chi connectivity index (χ1) is 6.11. The van der Waals surface area contributed by atoms with Gasteiger partial charge in [-0.05, 0) is 33.2 Å². The van der Waals surface area contributed by atoms with E-state index in [9.17, 15) is 4.79 Å². The molecule has 3 N–H and O–H groups in total. The van der Waals surface area contributed by atoms with Gasteiger partial charge < -0.3 is 15.8 Å². The maximum Gasteiger partial charge on any atom is 0.246 e. The zero-order valence-electron chi connectivity index (χ0n) is 8.25. The molecule has 76 valence electrons. The minimum Gasteiger partial charge on any atom is -0.367 e. The number of nitrogens with two attached hydrogens (primary N) is 1. The highest BCUT2D eigenvalue weighted by Gasteiger charge is 2.24. The minimum absolute atomic E-state index is 0.122. The van der Waals surface area contributed by atoms with Crippen LogP contribution in [0, 0.1) is 0 Å². The summed E-state index contributed by atoms with van der Waals surface area (Å²) in [5.41, 5.74) is 5.11. The number of primary amides is 1. The molecule has 1 amide bonds. The summed E-state index contributed by atoms with van der Waals surface area (Å²) in [4.78, 5) is 10.8. The van der Waals surface area contributed by atoms with Crippen LogP contribution in [0.15, 0.2) is 0 Å². The Morgan fingerprint density at radius 1 is 1.69 bits per heavy atom. The zero-order valence-corrected chi connectivity index (χ0v) is 8.25. The van der Waals surface area contributed by atoms with E-state index in [0.717, 1.165) is 19.4 Å². The molecule has 0 bridgehead atoms. The molecule has 0 aromatic rings. The Labute approximate surface area is 78.8 Å². The van der Waals surface area contributed by atoms with E-state index in [1.807, 2.05) is 0 Å². The molecule has 1 fully saturated rings. The van der Waals surface area contributed by atoms with E-state index in [1.165, 1.54) is 0 Å². The monoisotopic (exact) mass is 186 g/mol. The second kappa shape index (κ2) is 4.58. The summed E-state index contributed by atoms with van der Waals surface area (Å²) >= 11 is 0. The van der Waals surface area contributed by atoms with Gasteiger partial charge in [0.2, 0.25) is 5.91 Å². The van der Waals surface area contributed by atoms with Crippen molar-refractivity contribution in [1.82, 2.24) is 5.32 Å². The molecular weight excluding hydrogens is 168 g/mol. The third kappa shape index (κ3) is 2.97. The molecule has 0 radical (unpaired) electrons. The lowest BCUT2D eigenvalue weighted by molar-refractivity contribution is -0.134. The molecule has 0 aliphatic carbocycles. The van der Waals surface area contributed by atoms with Gasteiger partial charge in [-0.3, -0.25) is 4.79 Å². The Bertz CT molecular complexity index is 184. The molecule has 13 heavy (non-hydrogen) atoms. The molecule has 1 rings (SSSR count). The zero-order chi connectivity index (χ0) is 9.84. The highest BCUT2D eigenvalue weighted by atomic mass is 16.5. The number of amides is 1. The number of ether oxygens (including phenoxy) is 1. The van der Waals surface area contributed by atoms with Gasteiger partial charge in [-0.25, -0.2) is 0 Å². The molecule has 1 heterocycles. The lowest BCUT2D eigenvalue weighted by atomic mass is 10.0. The first-order valence-corrected chi connectivity index (χ1v) is 4.79. The topological polar surface area (TPSA) is 64.3 Å². The number of rotatable bonds is 3. The van der Waals surface area contributed by atoms with Gasteiger partial charge in [-0.1, -0.05) is 0 Å². The Kier molecular flexibility index (Phi) is 3.69. The van der Waals surface area contributed by atoms with Crippen LogP contribution in [0.25, 0.3) is 0 Å². The first kappa shape index (κ1) is 10.5. The van der Waals surface area contributed by atoms with Crippen LogP contribution < -0.4 is 11.1 Å². The van der Waals surface area contributed by atoms with Crippen LogP contribution in [0.3, 0.4) is 0 Å². The lowest BCUT2D eigenvalue weighted by Crippen LogP contribution is -2.46. The highest BCUT2D eigenvalue weighted by molar-refractivity contribution is 5.78. The molecule has 0 spiro atoms. The Morgan fingerprint density at radius 3 is 2.92 bits per heavy atom. The van der Waals surface area contributed by atoms with Gasteiger partial charge in [0.15, 0.2) is 0 Å². The molecule has 3 atom stereocenters. The van der Waals surface area contributed by atoms with Crippen LogP contribution in [-0.4, -0.2) is 30.7 Å². The third-order valence-corrected chi connectivity index (χ3v) is 2.47. The van der Waals surface area contributed by atoms with Gasteiger partial charge in [0, 0.05) is 6.04 Å². The van der Waals surface area contributed by atoms with Crippen LogP contribution in [0.4, 0.5) is 0 Å². The van der Waals surface area contributed by atoms with Crippen molar-refractivity contribution in [2.45, 2.75) is 44.9 Å². The molecule has 0 saturated carbocycles. The van der Waals surface area contributed by atoms with E-state index in [2.05, 4.69) is 12.2 Å². The molecule has 0 aromatic heterocycles. The van der Waals surface area contributed by atoms with E-state index in [-0.39, 0.29) is 6.10 Å². The Balaban J connectivity index is 2.37. The number of carbonyl (C=O) groups excluding carboxylic acids is 1. The predicted molar refractivity (Wildman–Crippen MR) is 50.2 cm³/mol. The number of nitrogens with one attached hydrogen (secondary N) is 1. The van der Waals surface area contributed by atoms with Crippen molar-refractivity contribution in [3.8, 4) is 0 Å². The van der Waals surface area contributed by atoms with E-state index in [4.69, 9.17) is 10.5 Å². The number of hydrogen-bond acceptors (Lipinski definition) is 3. The summed E-state index contributed by atoms with van der Waals surface area (Å²) in [6.07, 6.45) is 1.75.